The molecule has 0 amide bonds. The highest BCUT2D eigenvalue weighted by Crippen LogP contribution is 2.28. The van der Waals surface area contributed by atoms with Gasteiger partial charge in [0.2, 0.25) is 0 Å². The number of hydrogen-bond acceptors (Lipinski definition) is 3. The molecule has 0 fully saturated rings. The van der Waals surface area contributed by atoms with Crippen LogP contribution in [0.5, 0.6) is 5.75 Å². The number of methoxy groups -OCH3 is 1. The van der Waals surface area contributed by atoms with Crippen molar-refractivity contribution in [1.82, 2.24) is 0 Å². The quantitative estimate of drug-likeness (QED) is 0.923. The van der Waals surface area contributed by atoms with Gasteiger partial charge in [0.1, 0.15) is 11.6 Å². The number of rotatable bonds is 4. The van der Waals surface area contributed by atoms with E-state index in [1.54, 1.807) is 30.6 Å². The fourth-order valence-corrected chi connectivity index (χ4v) is 2.94. The minimum atomic E-state index is -0.259. The SMILES string of the molecule is COc1csc(C(N)Cc2ccc(F)c(Br)c2)c1. The Bertz CT molecular complexity index is 544. The summed E-state index contributed by atoms with van der Waals surface area (Å²) in [4.78, 5) is 1.06. The second kappa shape index (κ2) is 5.82. The number of halogens is 2. The van der Waals surface area contributed by atoms with Crippen molar-refractivity contribution in [1.29, 1.82) is 0 Å². The Hall–Kier alpha value is -0.910. The lowest BCUT2D eigenvalue weighted by atomic mass is 10.1. The van der Waals surface area contributed by atoms with E-state index in [-0.39, 0.29) is 11.9 Å². The predicted molar refractivity (Wildman–Crippen MR) is 75.6 cm³/mol. The zero-order valence-corrected chi connectivity index (χ0v) is 12.2. The summed E-state index contributed by atoms with van der Waals surface area (Å²) in [6, 6.07) is 6.80. The molecule has 0 bridgehead atoms. The van der Waals surface area contributed by atoms with Crippen molar-refractivity contribution in [3.8, 4) is 5.75 Å². The largest absolute Gasteiger partial charge is 0.496 e. The first-order valence-corrected chi connectivity index (χ1v) is 7.09. The van der Waals surface area contributed by atoms with Gasteiger partial charge in [-0.15, -0.1) is 11.3 Å². The van der Waals surface area contributed by atoms with Crippen LogP contribution >= 0.6 is 27.3 Å². The Kier molecular flexibility index (Phi) is 4.37. The molecule has 5 heteroatoms. The van der Waals surface area contributed by atoms with Gasteiger partial charge in [-0.05, 0) is 46.1 Å². The van der Waals surface area contributed by atoms with Gasteiger partial charge in [0.15, 0.2) is 0 Å². The van der Waals surface area contributed by atoms with Crippen LogP contribution in [0.15, 0.2) is 34.1 Å². The summed E-state index contributed by atoms with van der Waals surface area (Å²) in [7, 11) is 1.63. The molecule has 0 aliphatic heterocycles. The van der Waals surface area contributed by atoms with Crippen LogP contribution < -0.4 is 10.5 Å². The van der Waals surface area contributed by atoms with Crippen molar-refractivity contribution in [3.05, 3.63) is 50.4 Å². The van der Waals surface area contributed by atoms with Crippen LogP contribution in [0, 0.1) is 5.82 Å². The first-order chi connectivity index (χ1) is 8.60. The van der Waals surface area contributed by atoms with Gasteiger partial charge in [-0.2, -0.15) is 0 Å². The van der Waals surface area contributed by atoms with E-state index in [0.717, 1.165) is 16.2 Å². The van der Waals surface area contributed by atoms with Gasteiger partial charge in [0.25, 0.3) is 0 Å². The molecule has 1 aromatic heterocycles. The van der Waals surface area contributed by atoms with E-state index in [4.69, 9.17) is 10.5 Å². The molecule has 2 N–H and O–H groups in total. The van der Waals surface area contributed by atoms with Crippen LogP contribution in [0.3, 0.4) is 0 Å². The maximum absolute atomic E-state index is 13.1. The molecule has 1 unspecified atom stereocenters. The van der Waals surface area contributed by atoms with Crippen LogP contribution in [0.1, 0.15) is 16.5 Å². The van der Waals surface area contributed by atoms with Gasteiger partial charge in [-0.1, -0.05) is 6.07 Å². The summed E-state index contributed by atoms with van der Waals surface area (Å²) >= 11 is 4.75. The van der Waals surface area contributed by atoms with E-state index in [9.17, 15) is 4.39 Å². The van der Waals surface area contributed by atoms with E-state index in [1.807, 2.05) is 11.4 Å². The molecular weight excluding hydrogens is 317 g/mol. The van der Waals surface area contributed by atoms with Crippen LogP contribution in [-0.4, -0.2) is 7.11 Å². The molecule has 0 aliphatic carbocycles. The molecule has 2 nitrogen and oxygen atoms in total. The molecule has 0 aliphatic rings. The van der Waals surface area contributed by atoms with Gasteiger partial charge in [0.05, 0.1) is 11.6 Å². The van der Waals surface area contributed by atoms with Crippen LogP contribution in [-0.2, 0) is 6.42 Å². The second-order valence-corrected chi connectivity index (χ2v) is 5.75. The van der Waals surface area contributed by atoms with Gasteiger partial charge in [0, 0.05) is 16.3 Å². The Morgan fingerprint density at radius 1 is 1.44 bits per heavy atom. The number of ether oxygens (including phenoxy) is 1. The lowest BCUT2D eigenvalue weighted by Gasteiger charge is -2.10. The summed E-state index contributed by atoms with van der Waals surface area (Å²) < 4.78 is 18.7. The highest BCUT2D eigenvalue weighted by molar-refractivity contribution is 9.10. The molecule has 2 rings (SSSR count). The first kappa shape index (κ1) is 13.5. The third kappa shape index (κ3) is 3.10. The van der Waals surface area contributed by atoms with E-state index < -0.39 is 0 Å². The maximum Gasteiger partial charge on any atom is 0.137 e. The van der Waals surface area contributed by atoms with Crippen molar-refractivity contribution in [2.24, 2.45) is 5.73 Å². The van der Waals surface area contributed by atoms with Crippen molar-refractivity contribution >= 4 is 27.3 Å². The molecule has 0 saturated heterocycles. The summed E-state index contributed by atoms with van der Waals surface area (Å²) in [5.41, 5.74) is 7.13. The Morgan fingerprint density at radius 3 is 2.83 bits per heavy atom. The van der Waals surface area contributed by atoms with E-state index in [1.165, 1.54) is 6.07 Å². The third-order valence-corrected chi connectivity index (χ3v) is 4.29. The highest BCUT2D eigenvalue weighted by Gasteiger charge is 2.11. The summed E-state index contributed by atoms with van der Waals surface area (Å²) in [5, 5.41) is 1.93. The molecule has 96 valence electrons. The molecular formula is C13H13BrFNOS. The molecule has 1 heterocycles. The van der Waals surface area contributed by atoms with Crippen molar-refractivity contribution in [2.45, 2.75) is 12.5 Å². The zero-order chi connectivity index (χ0) is 13.1. The second-order valence-electron chi connectivity index (χ2n) is 3.95. The third-order valence-electron chi connectivity index (χ3n) is 2.64. The molecule has 2 aromatic rings. The van der Waals surface area contributed by atoms with E-state index in [0.29, 0.717) is 10.9 Å². The Morgan fingerprint density at radius 2 is 2.22 bits per heavy atom. The Labute approximate surface area is 118 Å². The average Bonchev–Trinajstić information content (AvgIpc) is 2.82. The molecule has 18 heavy (non-hydrogen) atoms. The predicted octanol–water partition coefficient (Wildman–Crippen LogP) is 3.90. The number of hydrogen-bond donors (Lipinski definition) is 1. The molecule has 1 aromatic carbocycles. The van der Waals surface area contributed by atoms with Gasteiger partial charge in [-0.25, -0.2) is 4.39 Å². The first-order valence-electron chi connectivity index (χ1n) is 5.42. The van der Waals surface area contributed by atoms with E-state index in [2.05, 4.69) is 15.9 Å². The minimum Gasteiger partial charge on any atom is -0.496 e. The summed E-state index contributed by atoms with van der Waals surface area (Å²) in [6.07, 6.45) is 0.669. The van der Waals surface area contributed by atoms with Crippen LogP contribution in [0.4, 0.5) is 4.39 Å². The topological polar surface area (TPSA) is 35.2 Å². The number of nitrogens with two attached hydrogens (primary N) is 1. The normalized spacial score (nSPS) is 12.4. The summed E-state index contributed by atoms with van der Waals surface area (Å²) in [6.45, 7) is 0. The number of thiophene rings is 1. The fourth-order valence-electron chi connectivity index (χ4n) is 1.66. The zero-order valence-electron chi connectivity index (χ0n) is 9.82. The lowest BCUT2D eigenvalue weighted by molar-refractivity contribution is 0.416. The standard InChI is InChI=1S/C13H13BrFNOS/c1-17-9-6-13(18-7-9)12(16)5-8-2-3-11(15)10(14)4-8/h2-4,6-7,12H,5,16H2,1H3. The fraction of sp³-hybridized carbons (Fsp3) is 0.231. The van der Waals surface area contributed by atoms with E-state index >= 15 is 0 Å². The highest BCUT2D eigenvalue weighted by atomic mass is 79.9. The lowest BCUT2D eigenvalue weighted by Crippen LogP contribution is -2.11. The molecule has 1 atom stereocenters. The monoisotopic (exact) mass is 329 g/mol. The molecule has 0 spiro atoms. The maximum atomic E-state index is 13.1. The minimum absolute atomic E-state index is 0.101. The van der Waals surface area contributed by atoms with Gasteiger partial charge < -0.3 is 10.5 Å². The average molecular weight is 330 g/mol. The Balaban J connectivity index is 2.10. The van der Waals surface area contributed by atoms with Crippen molar-refractivity contribution < 1.29 is 9.13 Å². The number of benzene rings is 1. The smallest absolute Gasteiger partial charge is 0.137 e. The summed E-state index contributed by atoms with van der Waals surface area (Å²) in [5.74, 6) is 0.566. The van der Waals surface area contributed by atoms with Gasteiger partial charge >= 0.3 is 0 Å². The van der Waals surface area contributed by atoms with Crippen LogP contribution in [0.2, 0.25) is 0 Å². The van der Waals surface area contributed by atoms with Gasteiger partial charge in [-0.3, -0.25) is 0 Å². The van der Waals surface area contributed by atoms with Crippen molar-refractivity contribution in [2.75, 3.05) is 7.11 Å². The van der Waals surface area contributed by atoms with Crippen LogP contribution in [0.25, 0.3) is 0 Å². The molecule has 0 radical (unpaired) electrons. The van der Waals surface area contributed by atoms with Crippen molar-refractivity contribution in [3.63, 3.8) is 0 Å². The molecule has 0 saturated carbocycles.